The van der Waals surface area contributed by atoms with Crippen molar-refractivity contribution in [2.75, 3.05) is 93.7 Å². The second-order valence-corrected chi connectivity index (χ2v) is 42.9. The number of aliphatic hydroxyl groups is 1. The van der Waals surface area contributed by atoms with Crippen LogP contribution in [0.4, 0.5) is 40.7 Å². The average molecular weight is 2130 g/mol. The highest BCUT2D eigenvalue weighted by Gasteiger charge is 2.31. The topological polar surface area (TPSA) is 504 Å². The number of amides is 1. The van der Waals surface area contributed by atoms with Gasteiger partial charge in [-0.25, -0.2) is 47.6 Å². The SMILES string of the molecule is CN(C)S(=O)(=O)c1ccc(-c2cnn3c(N)cc(C4CCCCC4)nc23)cc1.CN(C)c1ccc(-c2cnn3c(N)cc(C4CCCCC4)nc23)cn1.NC(=O)c1ccc(-c2cnn3c(N)cc(C4CCCCC4)nc23)cc1.Nc1c(Br)c(C2CCCNC2)nc2c(-c3ccoc3)cnn12.Nc1c(Br)c([C@H]2CCCNC2)nc2c(-c3cccnc3)cnn12.Nc1cc(C2CCCCC2)nc2c(-c3ccc(CO)cc3)cnn12. The molecular formula is C108H125Br2N31O5S. The lowest BCUT2D eigenvalue weighted by Gasteiger charge is -2.23. The van der Waals surface area contributed by atoms with Crippen LogP contribution in [-0.4, -0.2) is 176 Å². The van der Waals surface area contributed by atoms with Gasteiger partial charge in [-0.05, 0) is 193 Å². The molecule has 24 rings (SSSR count). The number of nitrogens with one attached hydrogen (secondary N) is 2. The molecule has 2 saturated heterocycles. The van der Waals surface area contributed by atoms with Crippen LogP contribution >= 0.6 is 31.9 Å². The molecule has 17 heterocycles. The molecule has 2 aliphatic heterocycles. The van der Waals surface area contributed by atoms with Gasteiger partial charge in [-0.2, -0.15) is 57.7 Å². The van der Waals surface area contributed by atoms with E-state index >= 15 is 0 Å². The van der Waals surface area contributed by atoms with Crippen LogP contribution in [0.2, 0.25) is 0 Å². The van der Waals surface area contributed by atoms with E-state index in [0.29, 0.717) is 81.6 Å². The predicted octanol–water partition coefficient (Wildman–Crippen LogP) is 18.8. The first-order valence-electron chi connectivity index (χ1n) is 50.7. The average Bonchev–Trinajstić information content (AvgIpc) is 1.67. The molecule has 0 spiro atoms. The Morgan fingerprint density at radius 3 is 1.08 bits per heavy atom. The van der Waals surface area contributed by atoms with Crippen LogP contribution in [0.5, 0.6) is 0 Å². The first-order valence-corrected chi connectivity index (χ1v) is 53.8. The highest BCUT2D eigenvalue weighted by atomic mass is 79.9. The fourth-order valence-electron chi connectivity index (χ4n) is 20.8. The number of nitrogen functional groups attached to an aromatic ring is 6. The van der Waals surface area contributed by atoms with Crippen LogP contribution in [0.15, 0.2) is 214 Å². The number of aliphatic hydroxyl groups excluding tert-OH is 1. The Kier molecular flexibility index (Phi) is 31.3. The number of hydrogen-bond donors (Lipinski definition) is 10. The third-order valence-electron chi connectivity index (χ3n) is 29.0. The summed E-state index contributed by atoms with van der Waals surface area (Å²) >= 11 is 7.21. The molecule has 39 heteroatoms. The molecule has 15 aromatic heterocycles. The number of piperidine rings is 2. The van der Waals surface area contributed by atoms with Crippen molar-refractivity contribution >= 4 is 122 Å². The van der Waals surface area contributed by atoms with Gasteiger partial charge in [0, 0.05) is 198 Å². The molecule has 2 atom stereocenters. The molecule has 0 bridgehead atoms. The summed E-state index contributed by atoms with van der Waals surface area (Å²) < 4.78 is 42.7. The Morgan fingerprint density at radius 1 is 0.408 bits per heavy atom. The van der Waals surface area contributed by atoms with E-state index in [4.69, 9.17) is 74.5 Å². The van der Waals surface area contributed by atoms with Gasteiger partial charge in [-0.15, -0.1) is 0 Å². The molecule has 4 aliphatic carbocycles. The Labute approximate surface area is 868 Å². The van der Waals surface area contributed by atoms with E-state index < -0.39 is 15.9 Å². The quantitative estimate of drug-likeness (QED) is 0.0405. The number of pyridine rings is 2. The number of rotatable bonds is 17. The van der Waals surface area contributed by atoms with Gasteiger partial charge in [0.2, 0.25) is 15.9 Å². The maximum absolute atomic E-state index is 12.3. The molecule has 762 valence electrons. The zero-order valence-corrected chi connectivity index (χ0v) is 87.1. The van der Waals surface area contributed by atoms with E-state index in [1.165, 1.54) is 134 Å². The highest BCUT2D eigenvalue weighted by Crippen LogP contribution is 2.43. The van der Waals surface area contributed by atoms with Crippen LogP contribution < -0.4 is 55.7 Å². The van der Waals surface area contributed by atoms with E-state index in [2.05, 4.69) is 89.1 Å². The highest BCUT2D eigenvalue weighted by molar-refractivity contribution is 9.11. The summed E-state index contributed by atoms with van der Waals surface area (Å²) in [6.07, 6.45) is 48.7. The minimum atomic E-state index is -3.46. The van der Waals surface area contributed by atoms with Crippen molar-refractivity contribution in [3.05, 3.63) is 250 Å². The van der Waals surface area contributed by atoms with E-state index in [9.17, 15) is 18.3 Å². The van der Waals surface area contributed by atoms with Crippen LogP contribution in [0.1, 0.15) is 240 Å². The molecule has 6 aliphatic rings. The molecule has 147 heavy (non-hydrogen) atoms. The number of fused-ring (bicyclic) bond motifs is 6. The summed E-state index contributed by atoms with van der Waals surface area (Å²) in [6, 6.07) is 39.6. The first-order chi connectivity index (χ1) is 71.4. The Balaban J connectivity index is 0.000000111. The standard InChI is InChI=1S/C20H25N5O2S.C19H24N6.C19H21N5O.C19H22N4O.C16H17BrN6.C15H16BrN5O/c1-24(2)28(26,27)16-10-8-14(9-11-16)17-13-22-25-19(21)12-18(23-20(17)25)15-6-4-3-5-7-15;1-24(2)18-9-8-14(11-21-18)15-12-22-25-17(20)10-16(23-19(15)25)13-6-4-3-5-7-13;20-17-10-16(13-4-2-1-3-5-13)23-19-15(11-22-24(17)19)12-6-8-14(9-7-12)18(21)25;20-18-10-17(15-4-2-1-3-5-15)22-19-16(11-21-23(18)19)14-8-6-13(12-24)7-9-14;17-13-14(11-4-2-6-20-8-11)22-16-12(9-21-23(16)15(13)18)10-3-1-5-19-7-10;16-12-13(9-2-1-4-18-6-9)20-15-11(10-3-5-22-8-10)7-19-21(15)14(12)17/h8-13,15H,3-7,21H2,1-2H3;8-13H,3-7,20H2,1-2H3;6-11,13H,1-5,20H2,(H2,21,25);6-11,15,24H,1-5,12,20H2;1,3,5,7,9,11,20H,2,4,6,8,18H2;3,5,7-9,18H,1-2,4,6,17H2/t;;;;11-;/m....0./s1. The first kappa shape index (κ1) is 101. The molecule has 18 aromatic rings. The normalized spacial score (nSPS) is 16.7. The number of aromatic nitrogens is 20. The smallest absolute Gasteiger partial charge is 0.248 e. The number of anilines is 7. The van der Waals surface area contributed by atoms with Gasteiger partial charge < -0.3 is 65.2 Å². The van der Waals surface area contributed by atoms with Crippen LogP contribution in [-0.2, 0) is 16.6 Å². The minimum absolute atomic E-state index is 0.0477. The van der Waals surface area contributed by atoms with E-state index in [1.807, 2.05) is 129 Å². The molecule has 1 amide bonds. The zero-order valence-electron chi connectivity index (χ0n) is 83.1. The number of primary amides is 1. The predicted molar refractivity (Wildman–Crippen MR) is 583 cm³/mol. The lowest BCUT2D eigenvalue weighted by atomic mass is 9.87. The Hall–Kier alpha value is -14.2. The van der Waals surface area contributed by atoms with Crippen molar-refractivity contribution < 1.29 is 22.7 Å². The molecule has 6 fully saturated rings. The van der Waals surface area contributed by atoms with Crippen LogP contribution in [0, 0.1) is 0 Å². The third kappa shape index (κ3) is 22.1. The van der Waals surface area contributed by atoms with Crippen molar-refractivity contribution in [3.8, 4) is 66.8 Å². The van der Waals surface area contributed by atoms with Crippen molar-refractivity contribution in [2.45, 2.75) is 201 Å². The number of carbonyl (C=O) groups is 1. The van der Waals surface area contributed by atoms with Crippen LogP contribution in [0.3, 0.4) is 0 Å². The van der Waals surface area contributed by atoms with Gasteiger partial charge in [0.25, 0.3) is 0 Å². The van der Waals surface area contributed by atoms with Gasteiger partial charge in [-0.3, -0.25) is 9.78 Å². The molecule has 0 radical (unpaired) electrons. The molecule has 4 saturated carbocycles. The lowest BCUT2D eigenvalue weighted by molar-refractivity contribution is 0.1000. The monoisotopic (exact) mass is 2130 g/mol. The number of carbonyl (C=O) groups excluding carboxylic acids is 1. The number of nitrogens with two attached hydrogens (primary N) is 7. The summed E-state index contributed by atoms with van der Waals surface area (Å²) in [6.45, 7) is 4.04. The van der Waals surface area contributed by atoms with E-state index in [1.54, 1.807) is 107 Å². The Morgan fingerprint density at radius 2 is 0.755 bits per heavy atom. The van der Waals surface area contributed by atoms with Crippen LogP contribution in [0.25, 0.3) is 101 Å². The van der Waals surface area contributed by atoms with Crippen molar-refractivity contribution in [2.24, 2.45) is 5.73 Å². The number of halogens is 2. The number of hydrogen-bond acceptors (Lipinski definition) is 28. The largest absolute Gasteiger partial charge is 0.472 e. The maximum Gasteiger partial charge on any atom is 0.248 e. The lowest BCUT2D eigenvalue weighted by Crippen LogP contribution is -2.29. The van der Waals surface area contributed by atoms with Crippen molar-refractivity contribution in [1.82, 2.24) is 112 Å². The molecular weight excluding hydrogens is 2000 g/mol. The molecule has 36 nitrogen and oxygen atoms in total. The van der Waals surface area contributed by atoms with Crippen molar-refractivity contribution in [3.63, 3.8) is 0 Å². The summed E-state index contributed by atoms with van der Waals surface area (Å²) in [5, 5.41) is 42.4. The van der Waals surface area contributed by atoms with Gasteiger partial charge in [0.1, 0.15) is 40.7 Å². The fraction of sp³-hybridized carbons (Fsp3) is 0.361. The molecule has 3 aromatic carbocycles. The summed E-state index contributed by atoms with van der Waals surface area (Å²) in [5.74, 6) is 6.78. The summed E-state index contributed by atoms with van der Waals surface area (Å²) in [5.41, 5.74) is 66.5. The van der Waals surface area contributed by atoms with Gasteiger partial charge >= 0.3 is 0 Å². The second-order valence-electron chi connectivity index (χ2n) is 39.2. The maximum atomic E-state index is 12.3. The number of sulfonamides is 1. The minimum Gasteiger partial charge on any atom is -0.472 e. The Bertz CT molecular complexity index is 7750. The summed E-state index contributed by atoms with van der Waals surface area (Å²) in [7, 11) is 3.55. The van der Waals surface area contributed by atoms with Gasteiger partial charge in [-0.1, -0.05) is 132 Å². The molecule has 17 N–H and O–H groups in total. The van der Waals surface area contributed by atoms with Crippen molar-refractivity contribution in [1.29, 1.82) is 0 Å². The fourth-order valence-corrected chi connectivity index (χ4v) is 22.8. The second kappa shape index (κ2) is 45.4. The van der Waals surface area contributed by atoms with E-state index in [0.717, 1.165) is 214 Å². The number of furan rings is 1. The molecule has 1 unspecified atom stereocenters. The number of benzene rings is 3. The van der Waals surface area contributed by atoms with E-state index in [-0.39, 0.29) is 11.5 Å². The van der Waals surface area contributed by atoms with Gasteiger partial charge in [0.15, 0.2) is 33.9 Å². The summed E-state index contributed by atoms with van der Waals surface area (Å²) in [4.78, 5) is 51.6. The number of nitrogens with zero attached hydrogens (tertiary/aromatic N) is 22. The van der Waals surface area contributed by atoms with Gasteiger partial charge in [0.05, 0.1) is 81.5 Å². The zero-order chi connectivity index (χ0) is 102. The third-order valence-corrected chi connectivity index (χ3v) is 32.5.